The fourth-order valence-electron chi connectivity index (χ4n) is 2.22. The van der Waals surface area contributed by atoms with Crippen molar-refractivity contribution in [2.24, 2.45) is 0 Å². The van der Waals surface area contributed by atoms with Crippen LogP contribution in [0.15, 0.2) is 24.5 Å². The third-order valence-electron chi connectivity index (χ3n) is 3.24. The molecule has 0 bridgehead atoms. The Morgan fingerprint density at radius 3 is 2.80 bits per heavy atom. The van der Waals surface area contributed by atoms with Crippen LogP contribution in [0.25, 0.3) is 0 Å². The van der Waals surface area contributed by atoms with Gasteiger partial charge in [-0.15, -0.1) is 0 Å². The SMILES string of the molecule is CC(O)CN1CCN(C(=O)COc2cccnc2)CC1. The molecule has 20 heavy (non-hydrogen) atoms. The van der Waals surface area contributed by atoms with Crippen molar-refractivity contribution in [3.8, 4) is 5.75 Å². The van der Waals surface area contributed by atoms with Gasteiger partial charge in [-0.05, 0) is 19.1 Å². The number of pyridine rings is 1. The highest BCUT2D eigenvalue weighted by atomic mass is 16.5. The number of carbonyl (C=O) groups excluding carboxylic acids is 1. The zero-order chi connectivity index (χ0) is 14.4. The van der Waals surface area contributed by atoms with E-state index >= 15 is 0 Å². The number of amides is 1. The summed E-state index contributed by atoms with van der Waals surface area (Å²) in [7, 11) is 0. The lowest BCUT2D eigenvalue weighted by Crippen LogP contribution is -2.51. The smallest absolute Gasteiger partial charge is 0.260 e. The van der Waals surface area contributed by atoms with E-state index in [1.165, 1.54) is 0 Å². The summed E-state index contributed by atoms with van der Waals surface area (Å²) < 4.78 is 5.41. The number of piperazine rings is 1. The highest BCUT2D eigenvalue weighted by Gasteiger charge is 2.21. The van der Waals surface area contributed by atoms with Crippen molar-refractivity contribution < 1.29 is 14.6 Å². The van der Waals surface area contributed by atoms with Gasteiger partial charge >= 0.3 is 0 Å². The van der Waals surface area contributed by atoms with Gasteiger partial charge in [0.1, 0.15) is 5.75 Å². The van der Waals surface area contributed by atoms with Crippen LogP contribution < -0.4 is 4.74 Å². The van der Waals surface area contributed by atoms with E-state index in [0.717, 1.165) is 13.1 Å². The molecular formula is C14H21N3O3. The summed E-state index contributed by atoms with van der Waals surface area (Å²) in [6.07, 6.45) is 2.93. The van der Waals surface area contributed by atoms with Crippen LogP contribution >= 0.6 is 0 Å². The van der Waals surface area contributed by atoms with Crippen LogP contribution in [0.4, 0.5) is 0 Å². The number of hydrogen-bond acceptors (Lipinski definition) is 5. The molecule has 6 nitrogen and oxygen atoms in total. The Balaban J connectivity index is 1.72. The summed E-state index contributed by atoms with van der Waals surface area (Å²) in [5, 5.41) is 9.34. The molecule has 1 aliphatic rings. The highest BCUT2D eigenvalue weighted by molar-refractivity contribution is 5.77. The minimum atomic E-state index is -0.328. The second kappa shape index (κ2) is 7.21. The van der Waals surface area contributed by atoms with Gasteiger partial charge in [-0.25, -0.2) is 0 Å². The van der Waals surface area contributed by atoms with Crippen molar-refractivity contribution in [2.75, 3.05) is 39.3 Å². The van der Waals surface area contributed by atoms with E-state index in [0.29, 0.717) is 25.4 Å². The molecule has 0 aliphatic carbocycles. The first-order valence-corrected chi connectivity index (χ1v) is 6.86. The molecule has 1 fully saturated rings. The van der Waals surface area contributed by atoms with Crippen LogP contribution in [0.2, 0.25) is 0 Å². The van der Waals surface area contributed by atoms with E-state index in [-0.39, 0.29) is 18.6 Å². The molecule has 1 aromatic heterocycles. The predicted molar refractivity (Wildman–Crippen MR) is 74.4 cm³/mol. The number of hydrogen-bond donors (Lipinski definition) is 1. The quantitative estimate of drug-likeness (QED) is 0.821. The van der Waals surface area contributed by atoms with Crippen molar-refractivity contribution in [1.29, 1.82) is 0 Å². The van der Waals surface area contributed by atoms with Crippen LogP contribution in [0.3, 0.4) is 0 Å². The van der Waals surface area contributed by atoms with Gasteiger partial charge in [0.05, 0.1) is 12.3 Å². The van der Waals surface area contributed by atoms with Crippen LogP contribution in [0, 0.1) is 0 Å². The molecule has 0 aromatic carbocycles. The lowest BCUT2D eigenvalue weighted by Gasteiger charge is -2.35. The number of ether oxygens (including phenoxy) is 1. The van der Waals surface area contributed by atoms with Gasteiger partial charge in [-0.1, -0.05) is 0 Å². The standard InChI is InChI=1S/C14H21N3O3/c1-12(18)10-16-5-7-17(8-6-16)14(19)11-20-13-3-2-4-15-9-13/h2-4,9,12,18H,5-8,10-11H2,1H3. The normalized spacial score (nSPS) is 17.8. The first-order chi connectivity index (χ1) is 9.65. The largest absolute Gasteiger partial charge is 0.482 e. The molecule has 2 heterocycles. The van der Waals surface area contributed by atoms with E-state index in [2.05, 4.69) is 9.88 Å². The van der Waals surface area contributed by atoms with Gasteiger partial charge in [-0.3, -0.25) is 14.7 Å². The predicted octanol–water partition coefficient (Wildman–Crippen LogP) is -0.0146. The Morgan fingerprint density at radius 2 is 2.20 bits per heavy atom. The van der Waals surface area contributed by atoms with E-state index < -0.39 is 0 Å². The molecule has 1 unspecified atom stereocenters. The molecule has 1 atom stereocenters. The maximum atomic E-state index is 12.0. The Labute approximate surface area is 119 Å². The van der Waals surface area contributed by atoms with Crippen molar-refractivity contribution >= 4 is 5.91 Å². The van der Waals surface area contributed by atoms with Crippen molar-refractivity contribution in [3.63, 3.8) is 0 Å². The Kier molecular flexibility index (Phi) is 5.31. The molecule has 110 valence electrons. The Morgan fingerprint density at radius 1 is 1.45 bits per heavy atom. The van der Waals surface area contributed by atoms with Crippen LogP contribution in [0.1, 0.15) is 6.92 Å². The Hall–Kier alpha value is -1.66. The second-order valence-corrected chi connectivity index (χ2v) is 5.01. The van der Waals surface area contributed by atoms with Gasteiger partial charge < -0.3 is 14.7 Å². The first kappa shape index (κ1) is 14.7. The minimum absolute atomic E-state index is 0.00875. The summed E-state index contributed by atoms with van der Waals surface area (Å²) in [6.45, 7) is 5.44. The Bertz CT molecular complexity index is 417. The van der Waals surface area contributed by atoms with Crippen molar-refractivity contribution in [2.45, 2.75) is 13.0 Å². The molecule has 2 rings (SSSR count). The number of carbonyl (C=O) groups is 1. The molecule has 0 saturated carbocycles. The summed E-state index contributed by atoms with van der Waals surface area (Å²) in [5.74, 6) is 0.596. The minimum Gasteiger partial charge on any atom is -0.482 e. The number of nitrogens with zero attached hydrogens (tertiary/aromatic N) is 3. The van der Waals surface area contributed by atoms with Crippen LogP contribution in [-0.4, -0.2) is 71.2 Å². The van der Waals surface area contributed by atoms with Gasteiger partial charge in [-0.2, -0.15) is 0 Å². The average Bonchev–Trinajstić information content (AvgIpc) is 2.46. The topological polar surface area (TPSA) is 65.9 Å². The zero-order valence-corrected chi connectivity index (χ0v) is 11.7. The van der Waals surface area contributed by atoms with Crippen molar-refractivity contribution in [3.05, 3.63) is 24.5 Å². The number of aromatic nitrogens is 1. The number of rotatable bonds is 5. The molecule has 1 amide bonds. The molecule has 6 heteroatoms. The maximum Gasteiger partial charge on any atom is 0.260 e. The molecule has 1 N–H and O–H groups in total. The van der Waals surface area contributed by atoms with Crippen LogP contribution in [0.5, 0.6) is 5.75 Å². The fourth-order valence-corrected chi connectivity index (χ4v) is 2.22. The van der Waals surface area contributed by atoms with E-state index in [1.54, 1.807) is 36.4 Å². The zero-order valence-electron chi connectivity index (χ0n) is 11.7. The summed E-state index contributed by atoms with van der Waals surface area (Å²) in [5.41, 5.74) is 0. The van der Waals surface area contributed by atoms with Crippen molar-refractivity contribution in [1.82, 2.24) is 14.8 Å². The summed E-state index contributed by atoms with van der Waals surface area (Å²) >= 11 is 0. The van der Waals surface area contributed by atoms with E-state index in [4.69, 9.17) is 4.74 Å². The number of aliphatic hydroxyl groups is 1. The highest BCUT2D eigenvalue weighted by Crippen LogP contribution is 2.08. The first-order valence-electron chi connectivity index (χ1n) is 6.86. The molecule has 1 saturated heterocycles. The maximum absolute atomic E-state index is 12.0. The third-order valence-corrected chi connectivity index (χ3v) is 3.24. The molecular weight excluding hydrogens is 258 g/mol. The number of β-amino-alcohol motifs (C(OH)–C–C–N with tert-alkyl or cyclic N) is 1. The van der Waals surface area contributed by atoms with Gasteiger partial charge in [0, 0.05) is 38.9 Å². The molecule has 0 radical (unpaired) electrons. The molecule has 0 spiro atoms. The summed E-state index contributed by atoms with van der Waals surface area (Å²) in [6, 6.07) is 3.55. The van der Waals surface area contributed by atoms with E-state index in [1.807, 2.05) is 0 Å². The molecule has 1 aromatic rings. The summed E-state index contributed by atoms with van der Waals surface area (Å²) in [4.78, 5) is 19.9. The second-order valence-electron chi connectivity index (χ2n) is 5.01. The average molecular weight is 279 g/mol. The monoisotopic (exact) mass is 279 g/mol. The lowest BCUT2D eigenvalue weighted by molar-refractivity contribution is -0.135. The van der Waals surface area contributed by atoms with Gasteiger partial charge in [0.25, 0.3) is 5.91 Å². The molecule has 1 aliphatic heterocycles. The van der Waals surface area contributed by atoms with Gasteiger partial charge in [0.2, 0.25) is 0 Å². The van der Waals surface area contributed by atoms with E-state index in [9.17, 15) is 9.90 Å². The fraction of sp³-hybridized carbons (Fsp3) is 0.571. The number of aliphatic hydroxyl groups excluding tert-OH is 1. The lowest BCUT2D eigenvalue weighted by atomic mass is 10.2. The van der Waals surface area contributed by atoms with Gasteiger partial charge in [0.15, 0.2) is 6.61 Å². The third kappa shape index (κ3) is 4.47. The van der Waals surface area contributed by atoms with Crippen LogP contribution in [-0.2, 0) is 4.79 Å².